The highest BCUT2D eigenvalue weighted by Gasteiger charge is 2.22. The SMILES string of the molecule is CN(Cc1cccs1)C(CN)CC(=O)N1CCCCC1. The van der Waals surface area contributed by atoms with Gasteiger partial charge in [0.25, 0.3) is 0 Å². The lowest BCUT2D eigenvalue weighted by Crippen LogP contribution is -2.44. The van der Waals surface area contributed by atoms with Gasteiger partial charge in [0.2, 0.25) is 5.91 Å². The van der Waals surface area contributed by atoms with Crippen LogP contribution < -0.4 is 5.73 Å². The van der Waals surface area contributed by atoms with Crippen molar-refractivity contribution in [1.82, 2.24) is 9.80 Å². The van der Waals surface area contributed by atoms with E-state index < -0.39 is 0 Å². The Balaban J connectivity index is 1.85. The number of rotatable bonds is 6. The standard InChI is InChI=1S/C15H25N3OS/c1-17(12-14-6-5-9-20-14)13(11-16)10-15(19)18-7-3-2-4-8-18/h5-6,9,13H,2-4,7-8,10-12,16H2,1H3. The van der Waals surface area contributed by atoms with Gasteiger partial charge in [0.15, 0.2) is 0 Å². The minimum Gasteiger partial charge on any atom is -0.343 e. The van der Waals surface area contributed by atoms with E-state index in [9.17, 15) is 4.79 Å². The minimum atomic E-state index is 0.131. The first-order chi connectivity index (χ1) is 9.70. The highest BCUT2D eigenvalue weighted by Crippen LogP contribution is 2.15. The van der Waals surface area contributed by atoms with E-state index in [0.29, 0.717) is 13.0 Å². The van der Waals surface area contributed by atoms with Gasteiger partial charge in [-0.15, -0.1) is 11.3 Å². The van der Waals surface area contributed by atoms with Crippen LogP contribution in [0, 0.1) is 0 Å². The van der Waals surface area contributed by atoms with E-state index in [2.05, 4.69) is 29.5 Å². The van der Waals surface area contributed by atoms with Crippen LogP contribution in [0.3, 0.4) is 0 Å². The Kier molecular flexibility index (Phi) is 6.01. The van der Waals surface area contributed by atoms with E-state index in [4.69, 9.17) is 5.73 Å². The average molecular weight is 295 g/mol. The van der Waals surface area contributed by atoms with Crippen LogP contribution in [-0.4, -0.2) is 48.4 Å². The molecule has 1 amide bonds. The summed E-state index contributed by atoms with van der Waals surface area (Å²) in [6.45, 7) is 3.24. The number of carbonyl (C=O) groups excluding carboxylic acids is 1. The molecule has 2 heterocycles. The lowest BCUT2D eigenvalue weighted by molar-refractivity contribution is -0.133. The molecule has 1 unspecified atom stereocenters. The Morgan fingerprint density at radius 3 is 2.80 bits per heavy atom. The maximum atomic E-state index is 12.3. The quantitative estimate of drug-likeness (QED) is 0.872. The Bertz CT molecular complexity index is 401. The van der Waals surface area contributed by atoms with Crippen molar-refractivity contribution >= 4 is 17.2 Å². The third kappa shape index (κ3) is 4.30. The third-order valence-corrected chi connectivity index (χ3v) is 4.86. The highest BCUT2D eigenvalue weighted by molar-refractivity contribution is 7.09. The maximum absolute atomic E-state index is 12.3. The van der Waals surface area contributed by atoms with Crippen LogP contribution >= 0.6 is 11.3 Å². The Morgan fingerprint density at radius 2 is 2.20 bits per heavy atom. The molecule has 0 saturated carbocycles. The van der Waals surface area contributed by atoms with E-state index in [0.717, 1.165) is 32.5 Å². The van der Waals surface area contributed by atoms with Crippen molar-refractivity contribution in [2.24, 2.45) is 5.73 Å². The van der Waals surface area contributed by atoms with E-state index in [1.165, 1.54) is 11.3 Å². The zero-order valence-corrected chi connectivity index (χ0v) is 13.1. The molecule has 1 atom stereocenters. The monoisotopic (exact) mass is 295 g/mol. The molecule has 2 N–H and O–H groups in total. The summed E-state index contributed by atoms with van der Waals surface area (Å²) in [6, 6.07) is 4.32. The molecule has 2 rings (SSSR count). The average Bonchev–Trinajstić information content (AvgIpc) is 2.98. The van der Waals surface area contributed by atoms with Crippen molar-refractivity contribution in [3.05, 3.63) is 22.4 Å². The number of carbonyl (C=O) groups is 1. The second-order valence-electron chi connectivity index (χ2n) is 5.53. The van der Waals surface area contributed by atoms with E-state index in [1.807, 2.05) is 4.90 Å². The van der Waals surface area contributed by atoms with Crippen molar-refractivity contribution in [2.75, 3.05) is 26.7 Å². The summed E-state index contributed by atoms with van der Waals surface area (Å²) in [5, 5.41) is 2.08. The van der Waals surface area contributed by atoms with Crippen molar-refractivity contribution < 1.29 is 4.79 Å². The zero-order valence-electron chi connectivity index (χ0n) is 12.3. The molecular formula is C15H25N3OS. The Morgan fingerprint density at radius 1 is 1.45 bits per heavy atom. The summed E-state index contributed by atoms with van der Waals surface area (Å²) >= 11 is 1.75. The van der Waals surface area contributed by atoms with E-state index in [-0.39, 0.29) is 11.9 Å². The predicted octanol–water partition coefficient (Wildman–Crippen LogP) is 1.91. The van der Waals surface area contributed by atoms with Gasteiger partial charge in [-0.2, -0.15) is 0 Å². The lowest BCUT2D eigenvalue weighted by Gasteiger charge is -2.31. The summed E-state index contributed by atoms with van der Waals surface area (Å²) < 4.78 is 0. The molecule has 112 valence electrons. The lowest BCUT2D eigenvalue weighted by atomic mass is 10.1. The van der Waals surface area contributed by atoms with Gasteiger partial charge in [0.1, 0.15) is 0 Å². The van der Waals surface area contributed by atoms with Crippen LogP contribution in [0.1, 0.15) is 30.6 Å². The maximum Gasteiger partial charge on any atom is 0.224 e. The van der Waals surface area contributed by atoms with Crippen LogP contribution in [0.15, 0.2) is 17.5 Å². The van der Waals surface area contributed by atoms with Crippen molar-refractivity contribution in [3.8, 4) is 0 Å². The fraction of sp³-hybridized carbons (Fsp3) is 0.667. The van der Waals surface area contributed by atoms with Crippen LogP contribution in [0.4, 0.5) is 0 Å². The van der Waals surface area contributed by atoms with Crippen molar-refractivity contribution in [3.63, 3.8) is 0 Å². The molecule has 1 aromatic rings. The molecule has 0 aromatic carbocycles. The summed E-state index contributed by atoms with van der Waals surface area (Å²) in [6.07, 6.45) is 4.08. The molecule has 1 fully saturated rings. The first kappa shape index (κ1) is 15.5. The highest BCUT2D eigenvalue weighted by atomic mass is 32.1. The molecule has 5 heteroatoms. The number of nitrogens with zero attached hydrogens (tertiary/aromatic N) is 2. The number of hydrogen-bond donors (Lipinski definition) is 1. The molecule has 0 spiro atoms. The van der Waals surface area contributed by atoms with E-state index in [1.54, 1.807) is 11.3 Å². The van der Waals surface area contributed by atoms with Crippen LogP contribution in [-0.2, 0) is 11.3 Å². The van der Waals surface area contributed by atoms with Crippen LogP contribution in [0.2, 0.25) is 0 Å². The summed E-state index contributed by atoms with van der Waals surface area (Å²) in [7, 11) is 2.06. The molecule has 1 aliphatic rings. The molecule has 20 heavy (non-hydrogen) atoms. The predicted molar refractivity (Wildman–Crippen MR) is 83.7 cm³/mol. The number of thiophene rings is 1. The van der Waals surface area contributed by atoms with Crippen molar-refractivity contribution in [1.29, 1.82) is 0 Å². The van der Waals surface area contributed by atoms with Gasteiger partial charge < -0.3 is 10.6 Å². The summed E-state index contributed by atoms with van der Waals surface area (Å²) in [5.74, 6) is 0.262. The number of nitrogens with two attached hydrogens (primary N) is 1. The van der Waals surface area contributed by atoms with Crippen LogP contribution in [0.25, 0.3) is 0 Å². The number of likely N-dealkylation sites (tertiary alicyclic amines) is 1. The van der Waals surface area contributed by atoms with Crippen molar-refractivity contribution in [2.45, 2.75) is 38.3 Å². The number of hydrogen-bond acceptors (Lipinski definition) is 4. The van der Waals surface area contributed by atoms with Gasteiger partial charge in [-0.1, -0.05) is 6.07 Å². The summed E-state index contributed by atoms with van der Waals surface area (Å²) in [5.41, 5.74) is 5.87. The largest absolute Gasteiger partial charge is 0.343 e. The smallest absolute Gasteiger partial charge is 0.224 e. The molecule has 4 nitrogen and oxygen atoms in total. The second-order valence-corrected chi connectivity index (χ2v) is 6.56. The fourth-order valence-corrected chi connectivity index (χ4v) is 3.44. The fourth-order valence-electron chi connectivity index (χ4n) is 2.67. The molecule has 1 aromatic heterocycles. The Hall–Kier alpha value is -0.910. The van der Waals surface area contributed by atoms with Gasteiger partial charge in [-0.25, -0.2) is 0 Å². The molecule has 0 aliphatic carbocycles. The topological polar surface area (TPSA) is 49.6 Å². The van der Waals surface area contributed by atoms with Gasteiger partial charge in [-0.3, -0.25) is 9.69 Å². The Labute approximate surface area is 125 Å². The van der Waals surface area contributed by atoms with Crippen LogP contribution in [0.5, 0.6) is 0 Å². The zero-order chi connectivity index (χ0) is 14.4. The molecular weight excluding hydrogens is 270 g/mol. The molecule has 0 radical (unpaired) electrons. The second kappa shape index (κ2) is 7.76. The first-order valence-electron chi connectivity index (χ1n) is 7.41. The number of amides is 1. The third-order valence-electron chi connectivity index (χ3n) is 4.00. The first-order valence-corrected chi connectivity index (χ1v) is 8.29. The number of likely N-dealkylation sites (N-methyl/N-ethyl adjacent to an activating group) is 1. The van der Waals surface area contributed by atoms with Gasteiger partial charge in [0.05, 0.1) is 0 Å². The van der Waals surface area contributed by atoms with E-state index >= 15 is 0 Å². The normalized spacial score (nSPS) is 17.4. The minimum absolute atomic E-state index is 0.131. The van der Waals surface area contributed by atoms with Gasteiger partial charge in [0, 0.05) is 43.5 Å². The van der Waals surface area contributed by atoms with Gasteiger partial charge >= 0.3 is 0 Å². The summed E-state index contributed by atoms with van der Waals surface area (Å²) in [4.78, 5) is 17.8. The molecule has 1 saturated heterocycles. The van der Waals surface area contributed by atoms with Gasteiger partial charge in [-0.05, 0) is 37.8 Å². The molecule has 0 bridgehead atoms. The molecule has 1 aliphatic heterocycles. The number of piperidine rings is 1.